The fraction of sp³-hybridized carbons (Fsp3) is 0.450. The Morgan fingerprint density at radius 3 is 2.71 bits per heavy atom. The van der Waals surface area contributed by atoms with Crippen LogP contribution in [-0.4, -0.2) is 75.6 Å². The molecule has 0 aliphatic carbocycles. The van der Waals surface area contributed by atoms with Crippen LogP contribution in [0.1, 0.15) is 34.9 Å². The third kappa shape index (κ3) is 5.41. The molecular formula is C20H26ClN5O2. The summed E-state index contributed by atoms with van der Waals surface area (Å²) < 4.78 is 1.79. The molecule has 0 atom stereocenters. The lowest BCUT2D eigenvalue weighted by Crippen LogP contribution is -2.35. The Bertz CT molecular complexity index is 800. The van der Waals surface area contributed by atoms with Crippen LogP contribution in [0.3, 0.4) is 0 Å². The average molecular weight is 404 g/mol. The van der Waals surface area contributed by atoms with Crippen molar-refractivity contribution in [2.45, 2.75) is 18.9 Å². The molecule has 150 valence electrons. The highest BCUT2D eigenvalue weighted by Crippen LogP contribution is 2.23. The summed E-state index contributed by atoms with van der Waals surface area (Å²) in [6.07, 6.45) is 5.57. The minimum Gasteiger partial charge on any atom is -0.395 e. The Balaban J connectivity index is 1.52. The average Bonchev–Trinajstić information content (AvgIpc) is 3.19. The maximum absolute atomic E-state index is 12.2. The van der Waals surface area contributed by atoms with Gasteiger partial charge in [-0.2, -0.15) is 0 Å². The lowest BCUT2D eigenvalue weighted by Gasteiger charge is -2.31. The summed E-state index contributed by atoms with van der Waals surface area (Å²) in [5.74, 6) is -0.226. The molecule has 2 aromatic rings. The van der Waals surface area contributed by atoms with Gasteiger partial charge >= 0.3 is 0 Å². The molecule has 0 radical (unpaired) electrons. The third-order valence-corrected chi connectivity index (χ3v) is 5.17. The fourth-order valence-corrected chi connectivity index (χ4v) is 3.63. The molecule has 0 spiro atoms. The summed E-state index contributed by atoms with van der Waals surface area (Å²) in [5, 5.41) is 17.9. The molecule has 3 rings (SSSR count). The Morgan fingerprint density at radius 2 is 2.04 bits per heavy atom. The van der Waals surface area contributed by atoms with Gasteiger partial charge in [0.25, 0.3) is 5.91 Å². The van der Waals surface area contributed by atoms with E-state index in [9.17, 15) is 4.79 Å². The number of likely N-dealkylation sites (N-methyl/N-ethyl adjacent to an activating group) is 1. The zero-order valence-corrected chi connectivity index (χ0v) is 16.8. The first kappa shape index (κ1) is 20.5. The number of hydrogen-bond acceptors (Lipinski definition) is 5. The van der Waals surface area contributed by atoms with Gasteiger partial charge in [0.1, 0.15) is 0 Å². The van der Waals surface area contributed by atoms with Gasteiger partial charge in [0.2, 0.25) is 0 Å². The van der Waals surface area contributed by atoms with Crippen molar-refractivity contribution in [3.05, 3.63) is 52.8 Å². The number of amides is 1. The molecule has 1 saturated heterocycles. The van der Waals surface area contributed by atoms with E-state index in [0.717, 1.165) is 43.1 Å². The van der Waals surface area contributed by atoms with Gasteiger partial charge in [0.15, 0.2) is 5.69 Å². The molecule has 8 heteroatoms. The second-order valence-corrected chi connectivity index (χ2v) is 7.53. The molecule has 0 saturated carbocycles. The van der Waals surface area contributed by atoms with E-state index < -0.39 is 0 Å². The van der Waals surface area contributed by atoms with Gasteiger partial charge in [-0.25, -0.2) is 4.68 Å². The number of carbonyl (C=O) groups excluding carboxylic acids is 1. The van der Waals surface area contributed by atoms with Crippen LogP contribution in [0.25, 0.3) is 6.08 Å². The summed E-state index contributed by atoms with van der Waals surface area (Å²) in [6, 6.07) is 10.3. The van der Waals surface area contributed by atoms with Crippen LogP contribution in [0, 0.1) is 0 Å². The zero-order valence-electron chi connectivity index (χ0n) is 16.0. The van der Waals surface area contributed by atoms with Crippen LogP contribution in [-0.2, 0) is 0 Å². The van der Waals surface area contributed by atoms with Crippen LogP contribution in [0.15, 0.2) is 41.6 Å². The largest absolute Gasteiger partial charge is 0.395 e. The number of benzene rings is 1. The SMILES string of the molecule is CN(CCO)C(=O)c1cn(C2CCN(C/C(Cl)=C/c3ccccc3)CC2)nn1. The number of halogens is 1. The van der Waals surface area contributed by atoms with Gasteiger partial charge in [0, 0.05) is 38.3 Å². The van der Waals surface area contributed by atoms with E-state index in [2.05, 4.69) is 15.2 Å². The predicted molar refractivity (Wildman–Crippen MR) is 109 cm³/mol. The van der Waals surface area contributed by atoms with E-state index >= 15 is 0 Å². The van der Waals surface area contributed by atoms with Crippen LogP contribution >= 0.6 is 11.6 Å². The Kier molecular flexibility index (Phi) is 7.19. The molecule has 1 aliphatic heterocycles. The first-order valence-corrected chi connectivity index (χ1v) is 9.86. The Hall–Kier alpha value is -2.22. The molecule has 1 aliphatic rings. The minimum atomic E-state index is -0.226. The van der Waals surface area contributed by atoms with E-state index in [0.29, 0.717) is 5.69 Å². The topological polar surface area (TPSA) is 74.5 Å². The molecule has 2 heterocycles. The molecule has 1 fully saturated rings. The number of carbonyl (C=O) groups is 1. The maximum atomic E-state index is 12.2. The normalized spacial score (nSPS) is 16.3. The lowest BCUT2D eigenvalue weighted by atomic mass is 10.1. The highest BCUT2D eigenvalue weighted by molar-refractivity contribution is 6.31. The maximum Gasteiger partial charge on any atom is 0.275 e. The summed E-state index contributed by atoms with van der Waals surface area (Å²) >= 11 is 6.43. The van der Waals surface area contributed by atoms with E-state index in [1.54, 1.807) is 17.9 Å². The van der Waals surface area contributed by atoms with Crippen molar-refractivity contribution in [3.63, 3.8) is 0 Å². The molecule has 1 amide bonds. The summed E-state index contributed by atoms with van der Waals surface area (Å²) in [4.78, 5) is 16.0. The standard InChI is InChI=1S/C20H26ClN5O2/c1-24(11-12-27)20(28)19-15-26(23-22-19)18-7-9-25(10-8-18)14-17(21)13-16-5-3-2-4-6-16/h2-6,13,15,18,27H,7-12,14H2,1H3/b17-13-. The van der Waals surface area contributed by atoms with Gasteiger partial charge < -0.3 is 10.0 Å². The number of rotatable bonds is 7. The molecule has 1 aromatic carbocycles. The second kappa shape index (κ2) is 9.82. The number of likely N-dealkylation sites (tertiary alicyclic amines) is 1. The second-order valence-electron chi connectivity index (χ2n) is 7.04. The minimum absolute atomic E-state index is 0.0733. The molecule has 0 bridgehead atoms. The van der Waals surface area contributed by atoms with Gasteiger partial charge in [-0.15, -0.1) is 5.10 Å². The van der Waals surface area contributed by atoms with Crippen LogP contribution in [0.4, 0.5) is 0 Å². The summed E-state index contributed by atoms with van der Waals surface area (Å²) in [7, 11) is 1.64. The molecule has 1 aromatic heterocycles. The van der Waals surface area contributed by atoms with Gasteiger partial charge in [0.05, 0.1) is 18.8 Å². The van der Waals surface area contributed by atoms with Gasteiger partial charge in [-0.1, -0.05) is 47.1 Å². The van der Waals surface area contributed by atoms with Crippen molar-refractivity contribution in [1.29, 1.82) is 0 Å². The first-order valence-electron chi connectivity index (χ1n) is 9.48. The van der Waals surface area contributed by atoms with Gasteiger partial charge in [-0.3, -0.25) is 9.69 Å². The van der Waals surface area contributed by atoms with E-state index in [1.807, 2.05) is 36.4 Å². The van der Waals surface area contributed by atoms with E-state index in [4.69, 9.17) is 16.7 Å². The number of aliphatic hydroxyl groups is 1. The number of aliphatic hydroxyl groups excluding tert-OH is 1. The predicted octanol–water partition coefficient (Wildman–Crippen LogP) is 2.26. The van der Waals surface area contributed by atoms with Crippen LogP contribution in [0.2, 0.25) is 0 Å². The zero-order chi connectivity index (χ0) is 19.9. The molecule has 1 N–H and O–H groups in total. The summed E-state index contributed by atoms with van der Waals surface area (Å²) in [5.41, 5.74) is 1.42. The van der Waals surface area contributed by atoms with Crippen molar-refractivity contribution < 1.29 is 9.90 Å². The molecule has 0 unspecified atom stereocenters. The molecule has 28 heavy (non-hydrogen) atoms. The summed E-state index contributed by atoms with van der Waals surface area (Å²) in [6.45, 7) is 2.77. The van der Waals surface area contributed by atoms with Crippen molar-refractivity contribution >= 4 is 23.6 Å². The number of piperidine rings is 1. The quantitative estimate of drug-likeness (QED) is 0.767. The van der Waals surface area contributed by atoms with Gasteiger partial charge in [-0.05, 0) is 24.5 Å². The smallest absolute Gasteiger partial charge is 0.275 e. The van der Waals surface area contributed by atoms with Crippen LogP contribution < -0.4 is 0 Å². The van der Waals surface area contributed by atoms with E-state index in [-0.39, 0.29) is 25.1 Å². The fourth-order valence-electron chi connectivity index (χ4n) is 3.33. The number of nitrogens with zero attached hydrogens (tertiary/aromatic N) is 5. The van der Waals surface area contributed by atoms with Crippen molar-refractivity contribution in [3.8, 4) is 0 Å². The van der Waals surface area contributed by atoms with Crippen LogP contribution in [0.5, 0.6) is 0 Å². The highest BCUT2D eigenvalue weighted by Gasteiger charge is 2.23. The third-order valence-electron chi connectivity index (χ3n) is 4.94. The molecular weight excluding hydrogens is 378 g/mol. The Morgan fingerprint density at radius 1 is 1.32 bits per heavy atom. The number of aromatic nitrogens is 3. The van der Waals surface area contributed by atoms with Crippen molar-refractivity contribution in [2.75, 3.05) is 39.8 Å². The monoisotopic (exact) mass is 403 g/mol. The van der Waals surface area contributed by atoms with Crippen molar-refractivity contribution in [1.82, 2.24) is 24.8 Å². The lowest BCUT2D eigenvalue weighted by molar-refractivity contribution is 0.0761. The first-order chi connectivity index (χ1) is 13.6. The van der Waals surface area contributed by atoms with E-state index in [1.165, 1.54) is 4.90 Å². The van der Waals surface area contributed by atoms with Crippen molar-refractivity contribution in [2.24, 2.45) is 0 Å². The highest BCUT2D eigenvalue weighted by atomic mass is 35.5. The Labute approximate surface area is 170 Å². The number of hydrogen-bond donors (Lipinski definition) is 1. The molecule has 7 nitrogen and oxygen atoms in total.